The Kier molecular flexibility index (Phi) is 26.7. The molecule has 0 fully saturated rings. The van der Waals surface area contributed by atoms with Crippen molar-refractivity contribution in [2.75, 3.05) is 6.54 Å². The Morgan fingerprint density at radius 3 is 1.62 bits per heavy atom. The van der Waals surface area contributed by atoms with E-state index in [1.165, 1.54) is 44.9 Å². The topological polar surface area (TPSA) is 107 Å². The molecule has 0 rings (SSSR count). The molecule has 0 radical (unpaired) electrons. The minimum absolute atomic E-state index is 0. The molecule has 3 N–H and O–H groups in total. The molecule has 0 bridgehead atoms. The first-order valence-electron chi connectivity index (χ1n) is 8.63. The number of unbranched alkanes of at least 4 members (excludes halogenated alkanes) is 8. The Morgan fingerprint density at radius 1 is 0.833 bits per heavy atom. The third-order valence-electron chi connectivity index (χ3n) is 3.18. The van der Waals surface area contributed by atoms with Crippen LogP contribution in [0.4, 0.5) is 0 Å². The van der Waals surface area contributed by atoms with Crippen LogP contribution >= 0.6 is 0 Å². The van der Waals surface area contributed by atoms with Crippen molar-refractivity contribution in [3.63, 3.8) is 0 Å². The molecular formula is C17H34NNaO5. The molecule has 0 saturated heterocycles. The number of carboxylic acids is 1. The van der Waals surface area contributed by atoms with E-state index in [-0.39, 0.29) is 48.5 Å². The molecule has 6 nitrogen and oxygen atoms in total. The van der Waals surface area contributed by atoms with Crippen LogP contribution in [0.3, 0.4) is 0 Å². The van der Waals surface area contributed by atoms with Crippen LogP contribution in [0.15, 0.2) is 0 Å². The van der Waals surface area contributed by atoms with E-state index in [4.69, 9.17) is 5.11 Å². The van der Waals surface area contributed by atoms with Crippen molar-refractivity contribution >= 4 is 47.5 Å². The fourth-order valence-electron chi connectivity index (χ4n) is 1.83. The van der Waals surface area contributed by atoms with Gasteiger partial charge in [0.05, 0.1) is 6.54 Å². The summed E-state index contributed by atoms with van der Waals surface area (Å²) >= 11 is 0. The third kappa shape index (κ3) is 26.5. The summed E-state index contributed by atoms with van der Waals surface area (Å²) in [5.41, 5.74) is 4.57. The van der Waals surface area contributed by atoms with Crippen molar-refractivity contribution < 1.29 is 24.2 Å². The van der Waals surface area contributed by atoms with E-state index in [0.29, 0.717) is 6.42 Å². The molecule has 7 heteroatoms. The van der Waals surface area contributed by atoms with Gasteiger partial charge in [0.25, 0.3) is 0 Å². The zero-order chi connectivity index (χ0) is 17.9. The van der Waals surface area contributed by atoms with Gasteiger partial charge in [-0.1, -0.05) is 65.2 Å². The standard InChI is InChI=1S/C15H28O3.C2H5NO2.Na.H/c1-3-5-6-7-8-9-10-11-12-13-15(17)18-14(16)4-2;3-1-2(4)5;;/h3-13H2,1-2H3;1,3H2,(H,4,5);;. The normalized spacial score (nSPS) is 9.29. The second kappa shape index (κ2) is 22.6. The maximum absolute atomic E-state index is 11.2. The molecule has 24 heavy (non-hydrogen) atoms. The summed E-state index contributed by atoms with van der Waals surface area (Å²) in [5.74, 6) is -1.76. The molecular weight excluding hydrogens is 321 g/mol. The first-order chi connectivity index (χ1) is 11.0. The van der Waals surface area contributed by atoms with Gasteiger partial charge in [0.15, 0.2) is 0 Å². The Labute approximate surface area is 168 Å². The van der Waals surface area contributed by atoms with Crippen LogP contribution < -0.4 is 5.73 Å². The zero-order valence-electron chi connectivity index (χ0n) is 14.6. The molecule has 0 aromatic heterocycles. The van der Waals surface area contributed by atoms with Gasteiger partial charge in [-0.2, -0.15) is 0 Å². The summed E-state index contributed by atoms with van der Waals surface area (Å²) in [6.07, 6.45) is 11.6. The van der Waals surface area contributed by atoms with Crippen LogP contribution in [-0.2, 0) is 19.1 Å². The van der Waals surface area contributed by atoms with Gasteiger partial charge < -0.3 is 15.6 Å². The number of carbonyl (C=O) groups excluding carboxylic acids is 2. The van der Waals surface area contributed by atoms with Gasteiger partial charge in [-0.3, -0.25) is 14.4 Å². The number of carbonyl (C=O) groups is 3. The molecule has 0 aromatic rings. The zero-order valence-corrected chi connectivity index (χ0v) is 14.6. The van der Waals surface area contributed by atoms with Gasteiger partial charge in [-0.15, -0.1) is 0 Å². The Hall–Kier alpha value is -0.430. The molecule has 0 saturated carbocycles. The molecule has 138 valence electrons. The fraction of sp³-hybridized carbons (Fsp3) is 0.824. The summed E-state index contributed by atoms with van der Waals surface area (Å²) in [7, 11) is 0. The van der Waals surface area contributed by atoms with Crippen molar-refractivity contribution in [1.82, 2.24) is 0 Å². The molecule has 0 aliphatic heterocycles. The molecule has 0 spiro atoms. The third-order valence-corrected chi connectivity index (χ3v) is 3.18. The molecule has 0 aliphatic carbocycles. The SMILES string of the molecule is CCCCCCCCCCCC(=O)OC(=O)CC.NCC(=O)O.[NaH]. The van der Waals surface area contributed by atoms with E-state index < -0.39 is 11.9 Å². The second-order valence-electron chi connectivity index (χ2n) is 5.38. The summed E-state index contributed by atoms with van der Waals surface area (Å²) in [6, 6.07) is 0. The van der Waals surface area contributed by atoms with Crippen molar-refractivity contribution in [2.45, 2.75) is 84.5 Å². The van der Waals surface area contributed by atoms with Gasteiger partial charge in [0.2, 0.25) is 0 Å². The predicted octanol–water partition coefficient (Wildman–Crippen LogP) is 2.77. The second-order valence-corrected chi connectivity index (χ2v) is 5.38. The maximum atomic E-state index is 11.2. The van der Waals surface area contributed by atoms with Crippen molar-refractivity contribution in [3.8, 4) is 0 Å². The van der Waals surface area contributed by atoms with Gasteiger partial charge in [-0.25, -0.2) is 0 Å². The average molecular weight is 355 g/mol. The first kappa shape index (κ1) is 28.4. The van der Waals surface area contributed by atoms with E-state index in [0.717, 1.165) is 12.8 Å². The number of aliphatic carboxylic acids is 1. The van der Waals surface area contributed by atoms with Crippen LogP contribution in [0.1, 0.15) is 84.5 Å². The van der Waals surface area contributed by atoms with E-state index in [1.54, 1.807) is 6.92 Å². The number of hydrogen-bond acceptors (Lipinski definition) is 5. The van der Waals surface area contributed by atoms with Gasteiger partial charge >= 0.3 is 47.5 Å². The van der Waals surface area contributed by atoms with Crippen LogP contribution in [0.25, 0.3) is 0 Å². The Morgan fingerprint density at radius 2 is 1.25 bits per heavy atom. The number of carboxylic acid groups (broad SMARTS) is 1. The molecule has 0 heterocycles. The first-order valence-corrected chi connectivity index (χ1v) is 8.63. The van der Waals surface area contributed by atoms with E-state index >= 15 is 0 Å². The number of rotatable bonds is 12. The summed E-state index contributed by atoms with van der Waals surface area (Å²) < 4.78 is 4.59. The molecule has 0 atom stereocenters. The van der Waals surface area contributed by atoms with Gasteiger partial charge in [-0.05, 0) is 6.42 Å². The Bertz CT molecular complexity index is 324. The van der Waals surface area contributed by atoms with E-state index in [1.807, 2.05) is 0 Å². The average Bonchev–Trinajstić information content (AvgIpc) is 2.53. The monoisotopic (exact) mass is 355 g/mol. The van der Waals surface area contributed by atoms with Crippen LogP contribution in [0.5, 0.6) is 0 Å². The molecule has 0 amide bonds. The van der Waals surface area contributed by atoms with Crippen LogP contribution in [0, 0.1) is 0 Å². The quantitative estimate of drug-likeness (QED) is 0.241. The van der Waals surface area contributed by atoms with E-state index in [2.05, 4.69) is 17.4 Å². The molecule has 0 aromatic carbocycles. The molecule has 0 aliphatic rings. The van der Waals surface area contributed by atoms with Crippen molar-refractivity contribution in [3.05, 3.63) is 0 Å². The van der Waals surface area contributed by atoms with Crippen LogP contribution in [0.2, 0.25) is 0 Å². The summed E-state index contributed by atoms with van der Waals surface area (Å²) in [5, 5.41) is 7.60. The number of nitrogens with two attached hydrogens (primary N) is 1. The summed E-state index contributed by atoms with van der Waals surface area (Å²) in [4.78, 5) is 31.3. The van der Waals surface area contributed by atoms with Crippen molar-refractivity contribution in [1.29, 1.82) is 0 Å². The Balaban J connectivity index is -0.000000639. The number of hydrogen-bond donors (Lipinski definition) is 2. The number of esters is 2. The minimum atomic E-state index is -0.968. The fourth-order valence-corrected chi connectivity index (χ4v) is 1.83. The predicted molar refractivity (Wildman–Crippen MR) is 97.1 cm³/mol. The van der Waals surface area contributed by atoms with Crippen molar-refractivity contribution in [2.24, 2.45) is 5.73 Å². The van der Waals surface area contributed by atoms with E-state index in [9.17, 15) is 14.4 Å². The van der Waals surface area contributed by atoms with Gasteiger partial charge in [0.1, 0.15) is 0 Å². The number of ether oxygens (including phenoxy) is 1. The molecule has 0 unspecified atom stereocenters. The summed E-state index contributed by atoms with van der Waals surface area (Å²) in [6.45, 7) is 3.64. The van der Waals surface area contributed by atoms with Crippen LogP contribution in [-0.4, -0.2) is 59.1 Å². The van der Waals surface area contributed by atoms with Gasteiger partial charge in [0, 0.05) is 12.8 Å².